The van der Waals surface area contributed by atoms with Gasteiger partial charge in [-0.1, -0.05) is 26.0 Å². The molecule has 2 aromatic rings. The second-order valence-corrected chi connectivity index (χ2v) is 8.84. The molecule has 1 aliphatic rings. The molecule has 0 aliphatic carbocycles. The van der Waals surface area contributed by atoms with E-state index in [0.29, 0.717) is 22.7 Å². The van der Waals surface area contributed by atoms with Crippen LogP contribution < -0.4 is 5.32 Å². The normalized spacial score (nSPS) is 13.3. The van der Waals surface area contributed by atoms with Crippen LogP contribution in [0.5, 0.6) is 0 Å². The Hall–Kier alpha value is -1.54. The van der Waals surface area contributed by atoms with Gasteiger partial charge >= 0.3 is 5.97 Å². The second kappa shape index (κ2) is 11.0. The third-order valence-electron chi connectivity index (χ3n) is 4.72. The topological polar surface area (TPSA) is 58.6 Å². The van der Waals surface area contributed by atoms with Crippen LogP contribution in [0, 0.1) is 0 Å². The fourth-order valence-corrected chi connectivity index (χ4v) is 5.41. The van der Waals surface area contributed by atoms with Crippen molar-refractivity contribution in [1.82, 2.24) is 4.90 Å². The number of nitrogens with one attached hydrogen (secondary N) is 1. The minimum atomic E-state index is -0.350. The second-order valence-electron chi connectivity index (χ2n) is 6.43. The van der Waals surface area contributed by atoms with E-state index in [2.05, 4.69) is 24.1 Å². The molecule has 0 unspecified atom stereocenters. The first-order chi connectivity index (χ1) is 13.6. The van der Waals surface area contributed by atoms with E-state index in [-0.39, 0.29) is 24.3 Å². The Morgan fingerprint density at radius 2 is 2.00 bits per heavy atom. The molecule has 0 atom stereocenters. The highest BCUT2D eigenvalue weighted by molar-refractivity contribution is 7.99. The van der Waals surface area contributed by atoms with Crippen molar-refractivity contribution in [2.24, 2.45) is 0 Å². The maximum Gasteiger partial charge on any atom is 0.341 e. The molecular formula is C21H27ClN2O3S2. The quantitative estimate of drug-likeness (QED) is 0.466. The van der Waals surface area contributed by atoms with Gasteiger partial charge in [0.25, 0.3) is 5.91 Å². The minimum absolute atomic E-state index is 0. The summed E-state index contributed by atoms with van der Waals surface area (Å²) in [5.74, 6) is 0.350. The number of ether oxygens (including phenoxy) is 1. The number of esters is 1. The van der Waals surface area contributed by atoms with Crippen molar-refractivity contribution in [2.75, 3.05) is 30.8 Å². The largest absolute Gasteiger partial charge is 0.462 e. The number of amides is 1. The van der Waals surface area contributed by atoms with Crippen LogP contribution in [0.3, 0.4) is 0 Å². The maximum absolute atomic E-state index is 13.0. The lowest BCUT2D eigenvalue weighted by Gasteiger charge is -2.25. The zero-order chi connectivity index (χ0) is 20.1. The highest BCUT2D eigenvalue weighted by atomic mass is 35.5. The van der Waals surface area contributed by atoms with Gasteiger partial charge in [-0.05, 0) is 43.3 Å². The van der Waals surface area contributed by atoms with E-state index < -0.39 is 0 Å². The number of anilines is 1. The van der Waals surface area contributed by atoms with Crippen LogP contribution >= 0.6 is 35.5 Å². The van der Waals surface area contributed by atoms with Crippen LogP contribution in [0.25, 0.3) is 0 Å². The number of hydrogen-bond acceptors (Lipinski definition) is 6. The summed E-state index contributed by atoms with van der Waals surface area (Å²) in [6.07, 6.45) is 0.798. The Morgan fingerprint density at radius 1 is 1.24 bits per heavy atom. The van der Waals surface area contributed by atoms with Gasteiger partial charge in [-0.25, -0.2) is 4.79 Å². The smallest absolute Gasteiger partial charge is 0.341 e. The van der Waals surface area contributed by atoms with Gasteiger partial charge in [0.15, 0.2) is 0 Å². The number of thiophene rings is 1. The fraction of sp³-hybridized carbons (Fsp3) is 0.429. The van der Waals surface area contributed by atoms with Gasteiger partial charge in [-0.15, -0.1) is 35.5 Å². The van der Waals surface area contributed by atoms with Crippen LogP contribution in [0.15, 0.2) is 29.2 Å². The number of carbonyl (C=O) groups is 2. The van der Waals surface area contributed by atoms with Crippen molar-refractivity contribution >= 4 is 52.4 Å². The van der Waals surface area contributed by atoms with Gasteiger partial charge < -0.3 is 10.1 Å². The number of likely N-dealkylation sites (N-methyl/N-ethyl adjacent to an activating group) is 1. The van der Waals surface area contributed by atoms with Crippen molar-refractivity contribution in [1.29, 1.82) is 0 Å². The first kappa shape index (κ1) is 23.7. The lowest BCUT2D eigenvalue weighted by Crippen LogP contribution is -2.30. The molecule has 1 amide bonds. The number of carbonyl (C=O) groups excluding carboxylic acids is 2. The number of hydrogen-bond donors (Lipinski definition) is 1. The van der Waals surface area contributed by atoms with E-state index in [4.69, 9.17) is 4.74 Å². The molecule has 0 fully saturated rings. The predicted molar refractivity (Wildman–Crippen MR) is 123 cm³/mol. The molecule has 0 bridgehead atoms. The number of fused-ring (bicyclic) bond motifs is 1. The Morgan fingerprint density at radius 3 is 2.69 bits per heavy atom. The molecule has 1 aromatic carbocycles. The van der Waals surface area contributed by atoms with Crippen molar-refractivity contribution in [3.63, 3.8) is 0 Å². The number of thioether (sulfide) groups is 1. The lowest BCUT2D eigenvalue weighted by atomic mass is 10.0. The summed E-state index contributed by atoms with van der Waals surface area (Å²) in [6.45, 7) is 8.99. The molecule has 0 saturated carbocycles. The summed E-state index contributed by atoms with van der Waals surface area (Å²) in [5.41, 5.74) is 2.19. The predicted octanol–water partition coefficient (Wildman–Crippen LogP) is 5.09. The molecule has 1 aliphatic heterocycles. The average molecular weight is 455 g/mol. The van der Waals surface area contributed by atoms with Crippen molar-refractivity contribution in [3.05, 3.63) is 45.8 Å². The number of rotatable bonds is 7. The number of benzene rings is 1. The first-order valence-corrected chi connectivity index (χ1v) is 11.5. The minimum Gasteiger partial charge on any atom is -0.462 e. The molecule has 2 heterocycles. The highest BCUT2D eigenvalue weighted by Crippen LogP contribution is 2.38. The van der Waals surface area contributed by atoms with E-state index in [1.54, 1.807) is 18.7 Å². The van der Waals surface area contributed by atoms with Gasteiger partial charge in [0.05, 0.1) is 17.7 Å². The van der Waals surface area contributed by atoms with Gasteiger partial charge in [0.1, 0.15) is 5.00 Å². The van der Waals surface area contributed by atoms with Crippen LogP contribution in [0.2, 0.25) is 0 Å². The molecule has 5 nitrogen and oxygen atoms in total. The molecule has 29 heavy (non-hydrogen) atoms. The third kappa shape index (κ3) is 5.34. The Labute approximate surface area is 186 Å². The standard InChI is InChI=1S/C21H26N2O3S2.ClH/c1-4-23-12-11-14-17(13-23)28-20(18(14)21(25)26-5-2)22-19(24)15-9-7-8-10-16(15)27-6-3;/h7-10H,4-6,11-13H2,1-3H3,(H,22,24);1H. The van der Waals surface area contributed by atoms with Gasteiger partial charge in [0.2, 0.25) is 0 Å². The summed E-state index contributed by atoms with van der Waals surface area (Å²) in [5, 5.41) is 3.60. The van der Waals surface area contributed by atoms with Crippen molar-refractivity contribution in [3.8, 4) is 0 Å². The maximum atomic E-state index is 13.0. The van der Waals surface area contributed by atoms with Gasteiger partial charge in [-0.2, -0.15) is 0 Å². The summed E-state index contributed by atoms with van der Waals surface area (Å²) in [7, 11) is 0. The van der Waals surface area contributed by atoms with Crippen molar-refractivity contribution < 1.29 is 14.3 Å². The Balaban J connectivity index is 0.00000300. The molecule has 158 valence electrons. The summed E-state index contributed by atoms with van der Waals surface area (Å²) in [6, 6.07) is 7.57. The van der Waals surface area contributed by atoms with E-state index in [1.807, 2.05) is 24.3 Å². The van der Waals surface area contributed by atoms with Gasteiger partial charge in [-0.3, -0.25) is 9.69 Å². The molecular weight excluding hydrogens is 428 g/mol. The van der Waals surface area contributed by atoms with E-state index in [9.17, 15) is 9.59 Å². The molecule has 1 aromatic heterocycles. The molecule has 8 heteroatoms. The highest BCUT2D eigenvalue weighted by Gasteiger charge is 2.29. The van der Waals surface area contributed by atoms with Gasteiger partial charge in [0, 0.05) is 22.9 Å². The molecule has 0 saturated heterocycles. The summed E-state index contributed by atoms with van der Waals surface area (Å²) >= 11 is 3.13. The SMILES string of the molecule is CCOC(=O)c1c(NC(=O)c2ccccc2SCC)sc2c1CCN(CC)C2.Cl. The van der Waals surface area contributed by atoms with Crippen LogP contribution in [0.4, 0.5) is 5.00 Å². The van der Waals surface area contributed by atoms with E-state index in [1.165, 1.54) is 11.3 Å². The Kier molecular flexibility index (Phi) is 9.02. The zero-order valence-electron chi connectivity index (χ0n) is 16.9. The average Bonchev–Trinajstić information content (AvgIpc) is 3.05. The van der Waals surface area contributed by atoms with Crippen molar-refractivity contribution in [2.45, 2.75) is 38.6 Å². The monoisotopic (exact) mass is 454 g/mol. The molecule has 0 spiro atoms. The molecule has 0 radical (unpaired) electrons. The number of nitrogens with zero attached hydrogens (tertiary/aromatic N) is 1. The fourth-order valence-electron chi connectivity index (χ4n) is 3.34. The van der Waals surface area contributed by atoms with E-state index in [0.717, 1.165) is 47.1 Å². The third-order valence-corrected chi connectivity index (χ3v) is 6.81. The summed E-state index contributed by atoms with van der Waals surface area (Å²) in [4.78, 5) is 30.1. The Bertz CT molecular complexity index is 870. The van der Waals surface area contributed by atoms with Crippen LogP contribution in [-0.4, -0.2) is 42.2 Å². The molecule has 1 N–H and O–H groups in total. The summed E-state index contributed by atoms with van der Waals surface area (Å²) < 4.78 is 5.29. The molecule has 3 rings (SSSR count). The first-order valence-electron chi connectivity index (χ1n) is 9.66. The lowest BCUT2D eigenvalue weighted by molar-refractivity contribution is 0.0526. The van der Waals surface area contributed by atoms with Crippen LogP contribution in [0.1, 0.15) is 51.9 Å². The number of halogens is 1. The van der Waals surface area contributed by atoms with E-state index >= 15 is 0 Å². The van der Waals surface area contributed by atoms with Crippen LogP contribution in [-0.2, 0) is 17.7 Å². The zero-order valence-corrected chi connectivity index (χ0v) is 19.4.